The van der Waals surface area contributed by atoms with E-state index in [1.165, 1.54) is 0 Å². The Bertz CT molecular complexity index is 461. The zero-order valence-electron chi connectivity index (χ0n) is 11.9. The third-order valence-electron chi connectivity index (χ3n) is 2.51. The second kappa shape index (κ2) is 8.76. The minimum absolute atomic E-state index is 0.00394. The van der Waals surface area contributed by atoms with Gasteiger partial charge < -0.3 is 15.4 Å². The predicted molar refractivity (Wildman–Crippen MR) is 84.8 cm³/mol. The lowest BCUT2D eigenvalue weighted by molar-refractivity contribution is -0.122. The van der Waals surface area contributed by atoms with Crippen molar-refractivity contribution in [2.24, 2.45) is 0 Å². The van der Waals surface area contributed by atoms with Gasteiger partial charge in [-0.25, -0.2) is 0 Å². The molecule has 0 aliphatic heterocycles. The number of hydrogen-bond acceptors (Lipinski definition) is 3. The van der Waals surface area contributed by atoms with Gasteiger partial charge >= 0.3 is 0 Å². The van der Waals surface area contributed by atoms with Crippen LogP contribution < -0.4 is 15.4 Å². The standard InChI is InChI=1S/C15H21BrN2O2/c1-4-7-17-15(19)10-20-14-6-5-12(8-13(14)16)9-18-11(2)3/h4-6,8,11,18H,1,7,9-10H2,2-3H3,(H,17,19). The predicted octanol–water partition coefficient (Wildman–Crippen LogP) is 2.63. The molecule has 0 spiro atoms. The maximum Gasteiger partial charge on any atom is 0.258 e. The lowest BCUT2D eigenvalue weighted by Crippen LogP contribution is -2.28. The summed E-state index contributed by atoms with van der Waals surface area (Å²) < 4.78 is 6.31. The van der Waals surface area contributed by atoms with Gasteiger partial charge in [0.2, 0.25) is 0 Å². The Morgan fingerprint density at radius 3 is 2.85 bits per heavy atom. The van der Waals surface area contributed by atoms with E-state index in [4.69, 9.17) is 4.74 Å². The van der Waals surface area contributed by atoms with Crippen LogP contribution in [0.25, 0.3) is 0 Å². The molecule has 2 N–H and O–H groups in total. The van der Waals surface area contributed by atoms with E-state index in [9.17, 15) is 4.79 Å². The minimum Gasteiger partial charge on any atom is -0.483 e. The second-order valence-corrected chi connectivity index (χ2v) is 5.54. The van der Waals surface area contributed by atoms with Crippen LogP contribution in [-0.2, 0) is 11.3 Å². The first-order chi connectivity index (χ1) is 9.52. The minimum atomic E-state index is -0.164. The van der Waals surface area contributed by atoms with E-state index in [0.29, 0.717) is 18.3 Å². The number of rotatable bonds is 8. The first kappa shape index (κ1) is 16.7. The normalized spacial score (nSPS) is 10.4. The molecule has 0 atom stereocenters. The molecule has 4 nitrogen and oxygen atoms in total. The third kappa shape index (κ3) is 6.21. The fraction of sp³-hybridized carbons (Fsp3) is 0.400. The molecule has 0 saturated heterocycles. The van der Waals surface area contributed by atoms with Gasteiger partial charge in [-0.3, -0.25) is 4.79 Å². The fourth-order valence-corrected chi connectivity index (χ4v) is 2.01. The average molecular weight is 341 g/mol. The van der Waals surface area contributed by atoms with Crippen molar-refractivity contribution in [3.63, 3.8) is 0 Å². The van der Waals surface area contributed by atoms with Crippen molar-refractivity contribution in [3.05, 3.63) is 40.9 Å². The average Bonchev–Trinajstić information content (AvgIpc) is 2.41. The molecule has 0 unspecified atom stereocenters. The zero-order valence-corrected chi connectivity index (χ0v) is 13.5. The van der Waals surface area contributed by atoms with E-state index in [0.717, 1.165) is 16.6 Å². The van der Waals surface area contributed by atoms with Crippen molar-refractivity contribution in [3.8, 4) is 5.75 Å². The van der Waals surface area contributed by atoms with Gasteiger partial charge in [0.25, 0.3) is 5.91 Å². The van der Waals surface area contributed by atoms with Crippen molar-refractivity contribution in [2.45, 2.75) is 26.4 Å². The van der Waals surface area contributed by atoms with Crippen LogP contribution in [-0.4, -0.2) is 25.1 Å². The van der Waals surface area contributed by atoms with Crippen LogP contribution in [0.2, 0.25) is 0 Å². The zero-order chi connectivity index (χ0) is 15.0. The highest BCUT2D eigenvalue weighted by Crippen LogP contribution is 2.26. The third-order valence-corrected chi connectivity index (χ3v) is 3.13. The summed E-state index contributed by atoms with van der Waals surface area (Å²) in [5.74, 6) is 0.495. The highest BCUT2D eigenvalue weighted by molar-refractivity contribution is 9.10. The molecule has 0 aromatic heterocycles. The summed E-state index contributed by atoms with van der Waals surface area (Å²) in [6.07, 6.45) is 1.63. The molecule has 1 aromatic rings. The second-order valence-electron chi connectivity index (χ2n) is 4.68. The molecular weight excluding hydrogens is 320 g/mol. The number of carbonyl (C=O) groups excluding carboxylic acids is 1. The van der Waals surface area contributed by atoms with Crippen molar-refractivity contribution in [1.29, 1.82) is 0 Å². The van der Waals surface area contributed by atoms with Crippen molar-refractivity contribution in [1.82, 2.24) is 10.6 Å². The molecule has 0 heterocycles. The van der Waals surface area contributed by atoms with Crippen LogP contribution in [0, 0.1) is 0 Å². The van der Waals surface area contributed by atoms with Gasteiger partial charge in [0.1, 0.15) is 5.75 Å². The summed E-state index contributed by atoms with van der Waals surface area (Å²) in [7, 11) is 0. The summed E-state index contributed by atoms with van der Waals surface area (Å²) in [5, 5.41) is 6.01. The summed E-state index contributed by atoms with van der Waals surface area (Å²) in [4.78, 5) is 11.4. The van der Waals surface area contributed by atoms with Crippen LogP contribution in [0.1, 0.15) is 19.4 Å². The molecule has 0 fully saturated rings. The van der Waals surface area contributed by atoms with Crippen LogP contribution in [0.15, 0.2) is 35.3 Å². The van der Waals surface area contributed by atoms with Gasteiger partial charge in [-0.05, 0) is 33.6 Å². The maximum absolute atomic E-state index is 11.4. The smallest absolute Gasteiger partial charge is 0.258 e. The summed E-state index contributed by atoms with van der Waals surface area (Å²) in [6, 6.07) is 6.28. The van der Waals surface area contributed by atoms with Crippen LogP contribution in [0.5, 0.6) is 5.75 Å². The van der Waals surface area contributed by atoms with Gasteiger partial charge in [-0.1, -0.05) is 26.0 Å². The summed E-state index contributed by atoms with van der Waals surface area (Å²) in [6.45, 7) is 8.99. The van der Waals surface area contributed by atoms with E-state index in [1.54, 1.807) is 6.08 Å². The number of ether oxygens (including phenoxy) is 1. The molecule has 0 bridgehead atoms. The van der Waals surface area contributed by atoms with Crippen LogP contribution in [0.4, 0.5) is 0 Å². The lowest BCUT2D eigenvalue weighted by atomic mass is 10.2. The quantitative estimate of drug-likeness (QED) is 0.715. The highest BCUT2D eigenvalue weighted by Gasteiger charge is 2.06. The molecule has 110 valence electrons. The van der Waals surface area contributed by atoms with Gasteiger partial charge in [0.05, 0.1) is 4.47 Å². The number of hydrogen-bond donors (Lipinski definition) is 2. The van der Waals surface area contributed by atoms with E-state index < -0.39 is 0 Å². The van der Waals surface area contributed by atoms with Gasteiger partial charge in [-0.15, -0.1) is 6.58 Å². The maximum atomic E-state index is 11.4. The Labute approximate surface area is 128 Å². The molecule has 1 amide bonds. The monoisotopic (exact) mass is 340 g/mol. The molecule has 0 radical (unpaired) electrons. The Morgan fingerprint density at radius 1 is 1.50 bits per heavy atom. The Hall–Kier alpha value is -1.33. The van der Waals surface area contributed by atoms with Crippen molar-refractivity contribution < 1.29 is 9.53 Å². The summed E-state index contributed by atoms with van der Waals surface area (Å²) in [5.41, 5.74) is 1.16. The Kier molecular flexibility index (Phi) is 7.33. The van der Waals surface area contributed by atoms with E-state index in [-0.39, 0.29) is 12.5 Å². The first-order valence-electron chi connectivity index (χ1n) is 6.55. The number of nitrogens with one attached hydrogen (secondary N) is 2. The number of halogens is 1. The lowest BCUT2D eigenvalue weighted by Gasteiger charge is -2.11. The van der Waals surface area contributed by atoms with Gasteiger partial charge in [-0.2, -0.15) is 0 Å². The van der Waals surface area contributed by atoms with Crippen molar-refractivity contribution >= 4 is 21.8 Å². The number of benzene rings is 1. The van der Waals surface area contributed by atoms with E-state index >= 15 is 0 Å². The highest BCUT2D eigenvalue weighted by atomic mass is 79.9. The molecule has 1 rings (SSSR count). The Morgan fingerprint density at radius 2 is 2.25 bits per heavy atom. The van der Waals surface area contributed by atoms with E-state index in [1.807, 2.05) is 18.2 Å². The number of amides is 1. The summed E-state index contributed by atoms with van der Waals surface area (Å²) >= 11 is 3.46. The van der Waals surface area contributed by atoms with Gasteiger partial charge in [0.15, 0.2) is 6.61 Å². The first-order valence-corrected chi connectivity index (χ1v) is 7.34. The van der Waals surface area contributed by atoms with Gasteiger partial charge in [0, 0.05) is 19.1 Å². The topological polar surface area (TPSA) is 50.4 Å². The fourth-order valence-electron chi connectivity index (χ4n) is 1.47. The molecular formula is C15H21BrN2O2. The molecule has 0 saturated carbocycles. The molecule has 0 aliphatic carbocycles. The van der Waals surface area contributed by atoms with E-state index in [2.05, 4.69) is 47.0 Å². The SMILES string of the molecule is C=CCNC(=O)COc1ccc(CNC(C)C)cc1Br. The Balaban J connectivity index is 2.51. The molecule has 5 heteroatoms. The van der Waals surface area contributed by atoms with Crippen LogP contribution >= 0.6 is 15.9 Å². The van der Waals surface area contributed by atoms with Crippen LogP contribution in [0.3, 0.4) is 0 Å². The molecule has 0 aliphatic rings. The molecule has 20 heavy (non-hydrogen) atoms. The largest absolute Gasteiger partial charge is 0.483 e. The van der Waals surface area contributed by atoms with Crippen molar-refractivity contribution in [2.75, 3.05) is 13.2 Å². The number of carbonyl (C=O) groups is 1. The molecule has 1 aromatic carbocycles.